The summed E-state index contributed by atoms with van der Waals surface area (Å²) in [6.07, 6.45) is 0. The van der Waals surface area contributed by atoms with Crippen LogP contribution < -0.4 is 5.32 Å². The Morgan fingerprint density at radius 1 is 1.22 bits per heavy atom. The number of nitrogens with one attached hydrogen (secondary N) is 1. The molecule has 0 saturated heterocycles. The number of rotatable bonds is 5. The Morgan fingerprint density at radius 2 is 1.78 bits per heavy atom. The fourth-order valence-electron chi connectivity index (χ4n) is 1.41. The first-order valence-electron chi connectivity index (χ1n) is 5.22. The van der Waals surface area contributed by atoms with Crippen molar-refractivity contribution >= 4 is 17.7 Å². The minimum atomic E-state index is -1.39. The van der Waals surface area contributed by atoms with Crippen LogP contribution in [0.4, 0.5) is 0 Å². The number of hydrogen-bond acceptors (Lipinski definition) is 4. The minimum Gasteiger partial charge on any atom is -0.480 e. The first-order valence-corrected chi connectivity index (χ1v) is 5.22. The molecule has 1 unspecified atom stereocenters. The van der Waals surface area contributed by atoms with Crippen molar-refractivity contribution in [2.75, 3.05) is 6.61 Å². The minimum absolute atomic E-state index is 0.0877. The molecule has 1 aromatic rings. The SMILES string of the molecule is CC(=O)c1ccccc1C(=O)NC(CO)C(=O)O. The molecule has 18 heavy (non-hydrogen) atoms. The lowest BCUT2D eigenvalue weighted by Crippen LogP contribution is -2.43. The Labute approximate surface area is 103 Å². The van der Waals surface area contributed by atoms with Crippen molar-refractivity contribution in [2.24, 2.45) is 0 Å². The summed E-state index contributed by atoms with van der Waals surface area (Å²) >= 11 is 0. The second-order valence-electron chi connectivity index (χ2n) is 3.65. The lowest BCUT2D eigenvalue weighted by molar-refractivity contribution is -0.140. The van der Waals surface area contributed by atoms with Crippen molar-refractivity contribution in [3.63, 3.8) is 0 Å². The second kappa shape index (κ2) is 5.92. The van der Waals surface area contributed by atoms with Gasteiger partial charge in [0.1, 0.15) is 0 Å². The molecule has 0 heterocycles. The van der Waals surface area contributed by atoms with Crippen molar-refractivity contribution in [1.82, 2.24) is 5.32 Å². The number of hydrogen-bond donors (Lipinski definition) is 3. The van der Waals surface area contributed by atoms with E-state index in [1.807, 2.05) is 0 Å². The predicted molar refractivity (Wildman–Crippen MR) is 62.4 cm³/mol. The maximum atomic E-state index is 11.8. The maximum Gasteiger partial charge on any atom is 0.328 e. The molecule has 0 radical (unpaired) electrons. The van der Waals surface area contributed by atoms with Gasteiger partial charge in [-0.3, -0.25) is 9.59 Å². The van der Waals surface area contributed by atoms with E-state index in [2.05, 4.69) is 5.32 Å². The van der Waals surface area contributed by atoms with E-state index in [9.17, 15) is 14.4 Å². The number of carbonyl (C=O) groups is 3. The molecule has 6 nitrogen and oxygen atoms in total. The number of ketones is 1. The molecule has 1 amide bonds. The summed E-state index contributed by atoms with van der Waals surface area (Å²) in [7, 11) is 0. The van der Waals surface area contributed by atoms with E-state index in [0.29, 0.717) is 0 Å². The first kappa shape index (κ1) is 13.9. The zero-order valence-electron chi connectivity index (χ0n) is 9.71. The first-order chi connectivity index (χ1) is 8.47. The van der Waals surface area contributed by atoms with Crippen molar-refractivity contribution in [3.05, 3.63) is 35.4 Å². The predicted octanol–water partition coefficient (Wildman–Crippen LogP) is 0.0645. The van der Waals surface area contributed by atoms with Gasteiger partial charge >= 0.3 is 5.97 Å². The van der Waals surface area contributed by atoms with E-state index < -0.39 is 24.5 Å². The fourth-order valence-corrected chi connectivity index (χ4v) is 1.41. The number of aliphatic carboxylic acids is 1. The average Bonchev–Trinajstić information content (AvgIpc) is 2.35. The van der Waals surface area contributed by atoms with Crippen LogP contribution in [-0.4, -0.2) is 40.5 Å². The Balaban J connectivity index is 2.97. The van der Waals surface area contributed by atoms with Crippen molar-refractivity contribution in [2.45, 2.75) is 13.0 Å². The highest BCUT2D eigenvalue weighted by Crippen LogP contribution is 2.09. The van der Waals surface area contributed by atoms with Gasteiger partial charge in [0.25, 0.3) is 5.91 Å². The number of carboxylic acid groups (broad SMARTS) is 1. The van der Waals surface area contributed by atoms with E-state index in [1.54, 1.807) is 12.1 Å². The Hall–Kier alpha value is -2.21. The Bertz CT molecular complexity index is 483. The topological polar surface area (TPSA) is 104 Å². The number of amides is 1. The molecular weight excluding hydrogens is 238 g/mol. The molecule has 0 aliphatic rings. The number of benzene rings is 1. The fraction of sp³-hybridized carbons (Fsp3) is 0.250. The number of carbonyl (C=O) groups excluding carboxylic acids is 2. The molecule has 0 bridgehead atoms. The van der Waals surface area contributed by atoms with Crippen LogP contribution in [0, 0.1) is 0 Å². The third-order valence-electron chi connectivity index (χ3n) is 2.34. The molecule has 1 rings (SSSR count). The molecule has 1 aromatic carbocycles. The third kappa shape index (κ3) is 3.14. The average molecular weight is 251 g/mol. The molecule has 0 aliphatic heterocycles. The van der Waals surface area contributed by atoms with E-state index in [4.69, 9.17) is 10.2 Å². The van der Waals surface area contributed by atoms with Crippen LogP contribution in [0.15, 0.2) is 24.3 Å². The zero-order chi connectivity index (χ0) is 13.7. The number of Topliss-reactive ketones (excluding diaryl/α,β-unsaturated/α-hetero) is 1. The van der Waals surface area contributed by atoms with Crippen LogP contribution in [0.5, 0.6) is 0 Å². The monoisotopic (exact) mass is 251 g/mol. The van der Waals surface area contributed by atoms with Gasteiger partial charge in [0, 0.05) is 5.56 Å². The number of aliphatic hydroxyl groups is 1. The molecule has 3 N–H and O–H groups in total. The van der Waals surface area contributed by atoms with Crippen LogP contribution in [-0.2, 0) is 4.79 Å². The van der Waals surface area contributed by atoms with Gasteiger partial charge in [-0.25, -0.2) is 4.79 Å². The van der Waals surface area contributed by atoms with Crippen LogP contribution >= 0.6 is 0 Å². The van der Waals surface area contributed by atoms with E-state index in [1.165, 1.54) is 19.1 Å². The van der Waals surface area contributed by atoms with Gasteiger partial charge in [-0.15, -0.1) is 0 Å². The molecule has 0 fully saturated rings. The molecule has 0 aliphatic carbocycles. The van der Waals surface area contributed by atoms with Crippen molar-refractivity contribution in [3.8, 4) is 0 Å². The van der Waals surface area contributed by atoms with E-state index in [-0.39, 0.29) is 16.9 Å². The molecule has 0 saturated carbocycles. The smallest absolute Gasteiger partial charge is 0.328 e. The lowest BCUT2D eigenvalue weighted by Gasteiger charge is -2.13. The quantitative estimate of drug-likeness (QED) is 0.642. The Morgan fingerprint density at radius 3 is 2.22 bits per heavy atom. The summed E-state index contributed by atoms with van der Waals surface area (Å²) < 4.78 is 0. The summed E-state index contributed by atoms with van der Waals surface area (Å²) in [6, 6.07) is 4.68. The summed E-state index contributed by atoms with van der Waals surface area (Å²) in [5, 5.41) is 19.7. The molecule has 96 valence electrons. The van der Waals surface area contributed by atoms with Gasteiger partial charge in [-0.1, -0.05) is 18.2 Å². The van der Waals surface area contributed by atoms with E-state index in [0.717, 1.165) is 0 Å². The highest BCUT2D eigenvalue weighted by atomic mass is 16.4. The standard InChI is InChI=1S/C12H13NO5/c1-7(15)8-4-2-3-5-9(8)11(16)13-10(6-14)12(17)18/h2-5,10,14H,6H2,1H3,(H,13,16)(H,17,18). The molecule has 0 aromatic heterocycles. The van der Waals surface area contributed by atoms with Crippen LogP contribution in [0.1, 0.15) is 27.6 Å². The van der Waals surface area contributed by atoms with E-state index >= 15 is 0 Å². The van der Waals surface area contributed by atoms with Crippen molar-refractivity contribution in [1.29, 1.82) is 0 Å². The van der Waals surface area contributed by atoms with Gasteiger partial charge in [-0.2, -0.15) is 0 Å². The number of carboxylic acids is 1. The van der Waals surface area contributed by atoms with Gasteiger partial charge in [0.15, 0.2) is 11.8 Å². The highest BCUT2D eigenvalue weighted by Gasteiger charge is 2.21. The molecule has 6 heteroatoms. The maximum absolute atomic E-state index is 11.8. The summed E-state index contributed by atoms with van der Waals surface area (Å²) in [6.45, 7) is 0.593. The third-order valence-corrected chi connectivity index (χ3v) is 2.34. The zero-order valence-corrected chi connectivity index (χ0v) is 9.71. The second-order valence-corrected chi connectivity index (χ2v) is 3.65. The lowest BCUT2D eigenvalue weighted by atomic mass is 10.0. The highest BCUT2D eigenvalue weighted by molar-refractivity contribution is 6.07. The van der Waals surface area contributed by atoms with Crippen LogP contribution in [0.3, 0.4) is 0 Å². The molecule has 0 spiro atoms. The van der Waals surface area contributed by atoms with Crippen LogP contribution in [0.2, 0.25) is 0 Å². The summed E-state index contributed by atoms with van der Waals surface area (Å²) in [4.78, 5) is 33.8. The number of aliphatic hydroxyl groups excluding tert-OH is 1. The molecular formula is C12H13NO5. The largest absolute Gasteiger partial charge is 0.480 e. The van der Waals surface area contributed by atoms with Gasteiger partial charge in [0.2, 0.25) is 0 Å². The normalized spacial score (nSPS) is 11.7. The van der Waals surface area contributed by atoms with Crippen molar-refractivity contribution < 1.29 is 24.6 Å². The Kier molecular flexibility index (Phi) is 4.56. The molecule has 1 atom stereocenters. The summed E-state index contributed by atoms with van der Waals surface area (Å²) in [5.74, 6) is -2.34. The van der Waals surface area contributed by atoms with Gasteiger partial charge in [-0.05, 0) is 13.0 Å². The van der Waals surface area contributed by atoms with Gasteiger partial charge < -0.3 is 15.5 Å². The summed E-state index contributed by atoms with van der Waals surface area (Å²) in [5.41, 5.74) is 0.293. The van der Waals surface area contributed by atoms with Crippen LogP contribution in [0.25, 0.3) is 0 Å². The van der Waals surface area contributed by atoms with Gasteiger partial charge in [0.05, 0.1) is 12.2 Å².